The third kappa shape index (κ3) is 16.8. The van der Waals surface area contributed by atoms with E-state index < -0.39 is 11.4 Å². The van der Waals surface area contributed by atoms with Crippen molar-refractivity contribution < 1.29 is 19.2 Å². The zero-order valence-electron chi connectivity index (χ0n) is 72.3. The summed E-state index contributed by atoms with van der Waals surface area (Å²) in [5.41, 5.74) is 14.0. The Morgan fingerprint density at radius 3 is 1.04 bits per heavy atom. The number of aliphatic imine (C=N–C) groups is 4. The van der Waals surface area contributed by atoms with Crippen molar-refractivity contribution in [1.82, 2.24) is 32.8 Å². The van der Waals surface area contributed by atoms with Crippen LogP contribution in [-0.4, -0.2) is 77.6 Å². The van der Waals surface area contributed by atoms with Gasteiger partial charge in [0.25, 0.3) is 0 Å². The Balaban J connectivity index is 0.000000103. The quantitative estimate of drug-likeness (QED) is 0.144. The molecule has 8 aliphatic rings. The van der Waals surface area contributed by atoms with Gasteiger partial charge in [-0.25, -0.2) is 111 Å². The molecule has 0 bridgehead atoms. The van der Waals surface area contributed by atoms with Crippen molar-refractivity contribution >= 4 is 196 Å². The van der Waals surface area contributed by atoms with Crippen LogP contribution in [0.4, 0.5) is 59.0 Å². The first kappa shape index (κ1) is 88.0. The van der Waals surface area contributed by atoms with E-state index in [0.29, 0.717) is 82.5 Å². The Hall–Kier alpha value is -15.3. The van der Waals surface area contributed by atoms with E-state index in [1.165, 1.54) is 93.9 Å². The summed E-state index contributed by atoms with van der Waals surface area (Å²) in [7, 11) is 0. The summed E-state index contributed by atoms with van der Waals surface area (Å²) in [5.74, 6) is 1.78. The van der Waals surface area contributed by atoms with Crippen LogP contribution in [0.15, 0.2) is 393 Å². The smallest absolute Gasteiger partial charge is 0.274 e. The number of thiazole rings is 2. The fourth-order valence-corrected chi connectivity index (χ4v) is 22.2. The van der Waals surface area contributed by atoms with Gasteiger partial charge in [-0.2, -0.15) is 9.97 Å². The second-order valence-corrected chi connectivity index (χ2v) is 37.8. The van der Waals surface area contributed by atoms with Crippen LogP contribution in [0.1, 0.15) is 38.9 Å². The van der Waals surface area contributed by atoms with Gasteiger partial charge in [-0.3, -0.25) is 4.90 Å². The number of hydrogen-bond donors (Lipinski definition) is 0. The molecule has 0 saturated heterocycles. The molecule has 24 rings (SSSR count). The van der Waals surface area contributed by atoms with E-state index in [-0.39, 0.29) is 35.5 Å². The first-order valence-electron chi connectivity index (χ1n) is 41.7. The molecule has 0 spiro atoms. The van der Waals surface area contributed by atoms with Crippen molar-refractivity contribution in [2.75, 3.05) is 34.3 Å². The van der Waals surface area contributed by atoms with Crippen molar-refractivity contribution in [2.45, 2.75) is 67.7 Å². The van der Waals surface area contributed by atoms with Crippen LogP contribution in [0, 0.1) is 41.5 Å². The molecular weight excluding hydrogens is 1820 g/mol. The van der Waals surface area contributed by atoms with E-state index in [1.807, 2.05) is 266 Å². The summed E-state index contributed by atoms with van der Waals surface area (Å²) >= 11 is 14.6. The Kier molecular flexibility index (Phi) is 23.9. The van der Waals surface area contributed by atoms with Crippen molar-refractivity contribution in [3.05, 3.63) is 421 Å². The maximum Gasteiger partial charge on any atom is 0.359 e. The van der Waals surface area contributed by atoms with E-state index in [1.54, 1.807) is 77.9 Å². The van der Waals surface area contributed by atoms with Gasteiger partial charge in [0.1, 0.15) is 23.3 Å². The highest BCUT2D eigenvalue weighted by Gasteiger charge is 2.44. The van der Waals surface area contributed by atoms with Gasteiger partial charge in [0.05, 0.1) is 78.2 Å². The van der Waals surface area contributed by atoms with Crippen molar-refractivity contribution in [3.63, 3.8) is 0 Å². The number of amidine groups is 4. The minimum Gasteiger partial charge on any atom is -0.274 e. The average molecular weight is 1900 g/mol. The molecule has 0 aliphatic carbocycles. The molecule has 0 N–H and O–H groups in total. The van der Waals surface area contributed by atoms with Crippen LogP contribution in [0.2, 0.25) is 5.02 Å². The largest absolute Gasteiger partial charge is 0.359 e. The number of fused-ring (bicyclic) bond motifs is 18. The monoisotopic (exact) mass is 1890 g/mol. The molecule has 8 amide bonds. The Bertz CT molecular complexity index is 7880. The predicted octanol–water partition coefficient (Wildman–Crippen LogP) is 22.9. The lowest BCUT2D eigenvalue weighted by molar-refractivity contribution is 0.217. The predicted molar refractivity (Wildman–Crippen MR) is 544 cm³/mol. The summed E-state index contributed by atoms with van der Waals surface area (Å²) in [4.78, 5) is 146. The summed E-state index contributed by atoms with van der Waals surface area (Å²) < 4.78 is 7.12. The molecule has 660 valence electrons. The highest BCUT2D eigenvalue weighted by Crippen LogP contribution is 2.49. The maximum absolute atomic E-state index is 13.0. The average Bonchev–Trinajstić information content (AvgIpc) is 1.62. The van der Waals surface area contributed by atoms with E-state index in [9.17, 15) is 38.4 Å². The number of benzene rings is 12. The van der Waals surface area contributed by atoms with Crippen LogP contribution in [0.3, 0.4) is 0 Å². The van der Waals surface area contributed by atoms with E-state index in [2.05, 4.69) is 68.4 Å². The lowest BCUT2D eigenvalue weighted by Crippen LogP contribution is -2.47. The van der Waals surface area contributed by atoms with Crippen LogP contribution >= 0.6 is 81.3 Å². The summed E-state index contributed by atoms with van der Waals surface area (Å²) in [6, 6.07) is 89.1. The first-order valence-corrected chi connectivity index (χ1v) is 46.9. The van der Waals surface area contributed by atoms with Crippen molar-refractivity contribution in [2.24, 2.45) is 20.0 Å². The molecule has 0 radical (unpaired) electrons. The maximum atomic E-state index is 13.0. The SMILES string of the molecule is C=C1N=C2Sc3cc(C)ccc3N2C(=O)N1Cc1ccccc1.C=C1N=C2Sc3cc(C)ccc3N2C(=O)N1c1ccccc1.C=C1N=C2Sc3ccccc3N2C(=O)N1c1ccc(Cl)cc1.C=C1N=C2Sc3ccccc3N2C(=O)N1c1ccccc1.Cc1cccc(-n2c(=O)nc3sc4cc(C)ccc4n3c2=O)c1.Cc1cccc(-n2c(=O)nc3sc4cc(C)ccc4n3c2=O)c1. The molecule has 0 fully saturated rings. The Morgan fingerprint density at radius 1 is 0.299 bits per heavy atom. The molecule has 4 aromatic heterocycles. The molecule has 16 aromatic rings. The molecule has 0 atom stereocenters. The number of aryl methyl sites for hydroxylation is 6. The third-order valence-electron chi connectivity index (χ3n) is 21.9. The van der Waals surface area contributed by atoms with Gasteiger partial charge in [-0.15, -0.1) is 0 Å². The molecule has 12 heterocycles. The van der Waals surface area contributed by atoms with Gasteiger partial charge in [0.2, 0.25) is 9.92 Å². The van der Waals surface area contributed by atoms with E-state index in [4.69, 9.17) is 11.6 Å². The standard InChI is InChI=1S/C18H15N3OS.2C17H13N3O2S.C17H13N3OS.C16H10ClN3OS.C16H11N3OS/c1-12-8-9-15-16(10-12)23-17-19-13(2)20(18(22)21(15)17)11-14-6-4-3-5-7-14;2*1-10-4-3-5-12(8-10)19-15(21)18-16-20(17(19)22)13-7-6-11(2)9-14(13)23-16;1-11-8-9-14-15(10-11)22-16-18-12(2)19(17(21)20(14)16)13-6-4-3-5-7-13;1-10-18-15-20(13-4-2-3-5-14(13)22-15)16(21)19(10)12-8-6-11(17)7-9-12;1-11-17-15-19(13-9-5-6-10-14(13)21-15)16(20)18(11)12-7-3-2-4-8-12/h3-10H,2,11H2,1H3;2*3-9H,1-2H3;3-10H,2H2,1H3;2-9H,1H2;2-10H,1H2. The van der Waals surface area contributed by atoms with Gasteiger partial charge in [-0.1, -0.05) is 200 Å². The zero-order chi connectivity index (χ0) is 93.2. The van der Waals surface area contributed by atoms with Crippen LogP contribution < -0.4 is 57.1 Å². The normalized spacial score (nSPS) is 14.7. The lowest BCUT2D eigenvalue weighted by Gasteiger charge is -2.32. The van der Waals surface area contributed by atoms with Gasteiger partial charge in [0, 0.05) is 24.6 Å². The number of thioether (sulfide) groups is 4. The van der Waals surface area contributed by atoms with E-state index in [0.717, 1.165) is 117 Å². The highest BCUT2D eigenvalue weighted by atomic mass is 35.5. The van der Waals surface area contributed by atoms with Gasteiger partial charge >= 0.3 is 46.9 Å². The number of halogens is 1. The molecule has 0 unspecified atom stereocenters. The summed E-state index contributed by atoms with van der Waals surface area (Å²) in [5, 5.41) is 3.28. The molecule has 8 aliphatic heterocycles. The lowest BCUT2D eigenvalue weighted by atomic mass is 10.2. The topological polar surface area (TPSA) is 256 Å². The number of rotatable bonds is 7. The van der Waals surface area contributed by atoms with Gasteiger partial charge < -0.3 is 0 Å². The molecule has 134 heavy (non-hydrogen) atoms. The first-order chi connectivity index (χ1) is 64.8. The summed E-state index contributed by atoms with van der Waals surface area (Å²) in [6.07, 6.45) is 0. The fourth-order valence-electron chi connectivity index (χ4n) is 15.6. The number of anilines is 7. The van der Waals surface area contributed by atoms with Crippen LogP contribution in [-0.2, 0) is 6.54 Å². The highest BCUT2D eigenvalue weighted by molar-refractivity contribution is 8.15. The number of carbonyl (C=O) groups is 4. The second kappa shape index (κ2) is 36.5. The number of nitrogens with zero attached hydrogens (tertiary/aromatic N) is 18. The fraction of sp³-hybridized carbons (Fsp3) is 0.0693. The van der Waals surface area contributed by atoms with Crippen LogP contribution in [0.5, 0.6) is 0 Å². The van der Waals surface area contributed by atoms with Crippen LogP contribution in [0.25, 0.3) is 41.7 Å². The number of para-hydroxylation sites is 4. The second-order valence-electron chi connectivity index (χ2n) is 31.3. The van der Waals surface area contributed by atoms with Crippen molar-refractivity contribution in [1.29, 1.82) is 0 Å². The van der Waals surface area contributed by atoms with Gasteiger partial charge in [0.15, 0.2) is 20.7 Å². The van der Waals surface area contributed by atoms with Crippen molar-refractivity contribution in [3.8, 4) is 11.4 Å². The Labute approximate surface area is 796 Å². The summed E-state index contributed by atoms with van der Waals surface area (Å²) in [6.45, 7) is 28.1. The number of amides is 8. The molecule has 26 nitrogen and oxygen atoms in total. The van der Waals surface area contributed by atoms with Gasteiger partial charge in [-0.05, 0) is 273 Å². The number of urea groups is 4. The minimum atomic E-state index is -0.552. The zero-order valence-corrected chi connectivity index (χ0v) is 78.0. The van der Waals surface area contributed by atoms with E-state index >= 15 is 0 Å². The molecule has 33 heteroatoms. The molecular formula is C101H75ClN18O8S6. The number of hydrogen-bond acceptors (Lipinski definition) is 20. The third-order valence-corrected chi connectivity index (χ3v) is 28.2. The minimum absolute atomic E-state index is 0.0982. The number of aromatic nitrogens is 6. The molecule has 12 aromatic carbocycles. The number of carbonyl (C=O) groups excluding carboxylic acids is 4. The molecule has 0 saturated carbocycles. The Morgan fingerprint density at radius 2 is 0.627 bits per heavy atom.